The standard InChI is InChI=1S/C24H32N4OS/c1-24(2)21(26-22(30-24)20-11-6-12-25-18-20)23(29)28-16-14-27(15-17-28)13-7-10-19-8-4-3-5-9-19/h3-6,8-9,11-12,18,21-22,26H,7,10,13-17H2,1-2H3. The molecule has 0 saturated carbocycles. The zero-order valence-electron chi connectivity index (χ0n) is 18.0. The molecule has 2 atom stereocenters. The molecule has 3 heterocycles. The van der Waals surface area contributed by atoms with Gasteiger partial charge in [0.15, 0.2) is 0 Å². The Balaban J connectivity index is 1.26. The number of nitrogens with one attached hydrogen (secondary N) is 1. The molecule has 1 aromatic heterocycles. The summed E-state index contributed by atoms with van der Waals surface area (Å²) in [5, 5.41) is 3.69. The van der Waals surface area contributed by atoms with E-state index in [4.69, 9.17) is 0 Å². The zero-order chi connectivity index (χ0) is 21.0. The summed E-state index contributed by atoms with van der Waals surface area (Å²) < 4.78 is -0.148. The summed E-state index contributed by atoms with van der Waals surface area (Å²) in [5.41, 5.74) is 2.54. The summed E-state index contributed by atoms with van der Waals surface area (Å²) in [6.45, 7) is 9.01. The van der Waals surface area contributed by atoms with Gasteiger partial charge in [0.1, 0.15) is 6.04 Å². The molecule has 0 aliphatic carbocycles. The topological polar surface area (TPSA) is 48.5 Å². The van der Waals surface area contributed by atoms with Crippen molar-refractivity contribution >= 4 is 17.7 Å². The fraction of sp³-hybridized carbons (Fsp3) is 0.500. The second kappa shape index (κ2) is 9.50. The van der Waals surface area contributed by atoms with E-state index in [0.717, 1.165) is 44.7 Å². The number of carbonyl (C=O) groups is 1. The number of aromatic nitrogens is 1. The second-order valence-electron chi connectivity index (χ2n) is 8.74. The first-order valence-corrected chi connectivity index (χ1v) is 11.8. The SMILES string of the molecule is CC1(C)SC(c2cccnc2)NC1C(=O)N1CCN(CCCc2ccccc2)CC1. The third-order valence-electron chi connectivity index (χ3n) is 6.14. The van der Waals surface area contributed by atoms with Crippen molar-refractivity contribution in [1.82, 2.24) is 20.1 Å². The Labute approximate surface area is 184 Å². The van der Waals surface area contributed by atoms with Crippen LogP contribution in [0.4, 0.5) is 0 Å². The zero-order valence-corrected chi connectivity index (χ0v) is 18.8. The van der Waals surface area contributed by atoms with Crippen LogP contribution in [0.5, 0.6) is 0 Å². The van der Waals surface area contributed by atoms with Gasteiger partial charge in [0, 0.05) is 43.3 Å². The number of pyridine rings is 1. The summed E-state index contributed by atoms with van der Waals surface area (Å²) in [6, 6.07) is 14.5. The lowest BCUT2D eigenvalue weighted by molar-refractivity contribution is -0.135. The number of amides is 1. The van der Waals surface area contributed by atoms with Crippen LogP contribution in [0.1, 0.15) is 36.8 Å². The molecule has 2 aliphatic heterocycles. The summed E-state index contributed by atoms with van der Waals surface area (Å²) in [5.74, 6) is 0.239. The second-order valence-corrected chi connectivity index (χ2v) is 10.5. The minimum absolute atomic E-state index is 0.113. The molecule has 2 saturated heterocycles. The molecule has 0 bridgehead atoms. The van der Waals surface area contributed by atoms with E-state index in [1.807, 2.05) is 24.0 Å². The van der Waals surface area contributed by atoms with Crippen LogP contribution in [0.25, 0.3) is 0 Å². The quantitative estimate of drug-likeness (QED) is 0.771. The van der Waals surface area contributed by atoms with Crippen molar-refractivity contribution in [2.75, 3.05) is 32.7 Å². The number of thioether (sulfide) groups is 1. The van der Waals surface area contributed by atoms with Gasteiger partial charge < -0.3 is 4.90 Å². The van der Waals surface area contributed by atoms with Crippen LogP contribution in [-0.2, 0) is 11.2 Å². The van der Waals surface area contributed by atoms with E-state index in [1.165, 1.54) is 12.0 Å². The first kappa shape index (κ1) is 21.3. The number of piperazine rings is 1. The van der Waals surface area contributed by atoms with Crippen molar-refractivity contribution in [1.29, 1.82) is 0 Å². The molecule has 2 aliphatic rings. The Morgan fingerprint density at radius 1 is 1.13 bits per heavy atom. The highest BCUT2D eigenvalue weighted by atomic mass is 32.2. The van der Waals surface area contributed by atoms with Crippen molar-refractivity contribution in [2.45, 2.75) is 42.9 Å². The van der Waals surface area contributed by atoms with Crippen molar-refractivity contribution in [3.63, 3.8) is 0 Å². The highest BCUT2D eigenvalue weighted by Gasteiger charge is 2.47. The molecule has 4 rings (SSSR count). The molecule has 0 spiro atoms. The van der Waals surface area contributed by atoms with Gasteiger partial charge in [-0.15, -0.1) is 11.8 Å². The first-order chi connectivity index (χ1) is 14.5. The molecule has 6 heteroatoms. The van der Waals surface area contributed by atoms with E-state index in [0.29, 0.717) is 0 Å². The maximum Gasteiger partial charge on any atom is 0.241 e. The van der Waals surface area contributed by atoms with Gasteiger partial charge in [0.25, 0.3) is 0 Å². The summed E-state index contributed by atoms with van der Waals surface area (Å²) in [4.78, 5) is 22.1. The van der Waals surface area contributed by atoms with Crippen LogP contribution in [0, 0.1) is 0 Å². The van der Waals surface area contributed by atoms with Gasteiger partial charge in [-0.3, -0.25) is 20.0 Å². The fourth-order valence-electron chi connectivity index (χ4n) is 4.35. The van der Waals surface area contributed by atoms with Gasteiger partial charge in [-0.2, -0.15) is 0 Å². The molecule has 2 aromatic rings. The Bertz CT molecular complexity index is 822. The molecule has 1 amide bonds. The Morgan fingerprint density at radius 3 is 2.60 bits per heavy atom. The highest BCUT2D eigenvalue weighted by molar-refractivity contribution is 8.01. The lowest BCUT2D eigenvalue weighted by Gasteiger charge is -2.37. The van der Waals surface area contributed by atoms with E-state index < -0.39 is 0 Å². The van der Waals surface area contributed by atoms with E-state index in [1.54, 1.807) is 6.20 Å². The third kappa shape index (κ3) is 5.05. The molecule has 5 nitrogen and oxygen atoms in total. The van der Waals surface area contributed by atoms with Crippen LogP contribution in [0.15, 0.2) is 54.9 Å². The number of hydrogen-bond donors (Lipinski definition) is 1. The smallest absolute Gasteiger partial charge is 0.241 e. The predicted octanol–water partition coefficient (Wildman–Crippen LogP) is 3.34. The fourth-order valence-corrected chi connectivity index (χ4v) is 5.74. The predicted molar refractivity (Wildman–Crippen MR) is 123 cm³/mol. The molecule has 1 N–H and O–H groups in total. The number of hydrogen-bond acceptors (Lipinski definition) is 5. The molecule has 0 radical (unpaired) electrons. The maximum atomic E-state index is 13.3. The van der Waals surface area contributed by atoms with E-state index in [9.17, 15) is 4.79 Å². The van der Waals surface area contributed by atoms with Crippen LogP contribution in [-0.4, -0.2) is 64.2 Å². The monoisotopic (exact) mass is 424 g/mol. The minimum Gasteiger partial charge on any atom is -0.339 e. The normalized spacial score (nSPS) is 24.1. The van der Waals surface area contributed by atoms with Crippen LogP contribution < -0.4 is 5.32 Å². The lowest BCUT2D eigenvalue weighted by atomic mass is 10.0. The summed E-state index contributed by atoms with van der Waals surface area (Å²) in [6.07, 6.45) is 5.96. The maximum absolute atomic E-state index is 13.3. The Hall–Kier alpha value is -1.89. The molecular formula is C24H32N4OS. The largest absolute Gasteiger partial charge is 0.339 e. The lowest BCUT2D eigenvalue weighted by Crippen LogP contribution is -2.56. The molecule has 30 heavy (non-hydrogen) atoms. The van der Waals surface area contributed by atoms with Crippen LogP contribution in [0.2, 0.25) is 0 Å². The number of aryl methyl sites for hydroxylation is 1. The van der Waals surface area contributed by atoms with Crippen molar-refractivity contribution in [2.24, 2.45) is 0 Å². The summed E-state index contributed by atoms with van der Waals surface area (Å²) in [7, 11) is 0. The van der Waals surface area contributed by atoms with Crippen LogP contribution in [0.3, 0.4) is 0 Å². The highest BCUT2D eigenvalue weighted by Crippen LogP contribution is 2.45. The Morgan fingerprint density at radius 2 is 1.90 bits per heavy atom. The average Bonchev–Trinajstić information content (AvgIpc) is 3.10. The van der Waals surface area contributed by atoms with E-state index in [2.05, 4.69) is 70.3 Å². The minimum atomic E-state index is -0.169. The van der Waals surface area contributed by atoms with Gasteiger partial charge >= 0.3 is 0 Å². The number of nitrogens with zero attached hydrogens (tertiary/aromatic N) is 3. The molecule has 1 aromatic carbocycles. The molecule has 2 fully saturated rings. The molecule has 2 unspecified atom stereocenters. The van der Waals surface area contributed by atoms with Gasteiger partial charge in [0.2, 0.25) is 5.91 Å². The van der Waals surface area contributed by atoms with E-state index >= 15 is 0 Å². The van der Waals surface area contributed by atoms with Crippen molar-refractivity contribution < 1.29 is 4.79 Å². The Kier molecular flexibility index (Phi) is 6.76. The molecular weight excluding hydrogens is 392 g/mol. The van der Waals surface area contributed by atoms with E-state index in [-0.39, 0.29) is 22.1 Å². The number of carbonyl (C=O) groups excluding carboxylic acids is 1. The van der Waals surface area contributed by atoms with Crippen molar-refractivity contribution in [3.05, 3.63) is 66.0 Å². The molecule has 160 valence electrons. The van der Waals surface area contributed by atoms with Gasteiger partial charge in [-0.25, -0.2) is 0 Å². The van der Waals surface area contributed by atoms with Gasteiger partial charge in [-0.05, 0) is 50.4 Å². The first-order valence-electron chi connectivity index (χ1n) is 10.9. The number of benzene rings is 1. The van der Waals surface area contributed by atoms with Gasteiger partial charge in [0.05, 0.1) is 5.37 Å². The summed E-state index contributed by atoms with van der Waals surface area (Å²) >= 11 is 1.82. The number of rotatable bonds is 6. The van der Waals surface area contributed by atoms with Crippen LogP contribution >= 0.6 is 11.8 Å². The third-order valence-corrected chi connectivity index (χ3v) is 7.62. The van der Waals surface area contributed by atoms with Crippen molar-refractivity contribution in [3.8, 4) is 0 Å². The average molecular weight is 425 g/mol. The van der Waals surface area contributed by atoms with Gasteiger partial charge in [-0.1, -0.05) is 36.4 Å².